The molecular weight excluding hydrogens is 1360 g/mol. The van der Waals surface area contributed by atoms with E-state index in [1.165, 1.54) is 103 Å². The fourth-order valence-electron chi connectivity index (χ4n) is 6.90. The summed E-state index contributed by atoms with van der Waals surface area (Å²) in [5, 5.41) is 14.5. The van der Waals surface area contributed by atoms with Gasteiger partial charge in [-0.15, -0.1) is 16.7 Å². The van der Waals surface area contributed by atoms with Crippen LogP contribution in [0.3, 0.4) is 0 Å². The van der Waals surface area contributed by atoms with E-state index in [1.54, 1.807) is 16.4 Å². The molecule has 0 bridgehead atoms. The van der Waals surface area contributed by atoms with Crippen LogP contribution in [0.15, 0.2) is 75.5 Å². The van der Waals surface area contributed by atoms with Gasteiger partial charge in [-0.2, -0.15) is 60.0 Å². The molecule has 3 unspecified atom stereocenters. The summed E-state index contributed by atoms with van der Waals surface area (Å²) in [6.07, 6.45) is -5.12. The van der Waals surface area contributed by atoms with Crippen molar-refractivity contribution in [3.05, 3.63) is 110 Å². The van der Waals surface area contributed by atoms with E-state index in [2.05, 4.69) is 45.6 Å². The number of aryl methyl sites for hydroxylation is 3. The lowest BCUT2D eigenvalue weighted by molar-refractivity contribution is -0.142. The molecular formula is C50H60Cl2F6N15O17PS2. The number of carbonyl (C=O) groups is 5. The number of hydrogen-bond donors (Lipinski definition) is 7. The fraction of sp³-hybridized carbons (Fsp3) is 0.380. The van der Waals surface area contributed by atoms with Crippen LogP contribution in [0.2, 0.25) is 5.02 Å². The molecule has 93 heavy (non-hydrogen) atoms. The molecule has 0 radical (unpaired) electrons. The van der Waals surface area contributed by atoms with Crippen molar-refractivity contribution < 1.29 is 101 Å². The molecule has 510 valence electrons. The van der Waals surface area contributed by atoms with Gasteiger partial charge < -0.3 is 39.6 Å². The van der Waals surface area contributed by atoms with E-state index in [9.17, 15) is 76.5 Å². The van der Waals surface area contributed by atoms with Gasteiger partial charge in [0.15, 0.2) is 18.2 Å². The highest BCUT2D eigenvalue weighted by Crippen LogP contribution is 2.36. The van der Waals surface area contributed by atoms with E-state index in [0.29, 0.717) is 4.68 Å². The first kappa shape index (κ1) is 78.4. The molecule has 6 aromatic rings. The number of urea groups is 2. The Morgan fingerprint density at radius 2 is 1.43 bits per heavy atom. The van der Waals surface area contributed by atoms with Gasteiger partial charge in [-0.3, -0.25) is 29.6 Å². The minimum Gasteiger partial charge on any atom is -0.481 e. The predicted octanol–water partition coefficient (Wildman–Crippen LogP) is 5.23. The summed E-state index contributed by atoms with van der Waals surface area (Å²) in [5.41, 5.74) is 3.47. The molecule has 0 fully saturated rings. The van der Waals surface area contributed by atoms with Gasteiger partial charge in [0.1, 0.15) is 28.8 Å². The summed E-state index contributed by atoms with van der Waals surface area (Å²) in [6.45, 7) is 2.49. The first-order chi connectivity index (χ1) is 43.2. The van der Waals surface area contributed by atoms with Gasteiger partial charge in [-0.05, 0) is 75.1 Å². The summed E-state index contributed by atoms with van der Waals surface area (Å²) in [4.78, 5) is 102. The van der Waals surface area contributed by atoms with E-state index in [4.69, 9.17) is 57.9 Å². The van der Waals surface area contributed by atoms with Crippen LogP contribution in [0.25, 0.3) is 5.69 Å². The topological polar surface area (TPSA) is 443 Å². The average Bonchev–Trinajstić information content (AvgIpc) is 1.82. The number of aliphatic carboxylic acids is 1. The number of amides is 5. The largest absolute Gasteiger partial charge is 0.481 e. The molecule has 32 nitrogen and oxygen atoms in total. The number of benzene rings is 2. The van der Waals surface area contributed by atoms with E-state index < -0.39 is 116 Å². The maximum absolute atomic E-state index is 14.2. The Hall–Kier alpha value is -8.82. The Morgan fingerprint density at radius 1 is 0.849 bits per heavy atom. The van der Waals surface area contributed by atoms with Crippen LogP contribution in [-0.2, 0) is 51.8 Å². The van der Waals surface area contributed by atoms with Crippen molar-refractivity contribution >= 4 is 92.4 Å². The zero-order chi connectivity index (χ0) is 70.5. The number of nitrogens with two attached hydrogens (primary N) is 1. The van der Waals surface area contributed by atoms with Crippen LogP contribution in [-0.4, -0.2) is 178 Å². The van der Waals surface area contributed by atoms with Gasteiger partial charge in [0.2, 0.25) is 23.7 Å². The number of hydrogen-bond acceptors (Lipinski definition) is 23. The molecule has 3 atom stereocenters. The van der Waals surface area contributed by atoms with Crippen LogP contribution in [0.4, 0.5) is 47.8 Å². The number of halogens is 8. The summed E-state index contributed by atoms with van der Waals surface area (Å²) >= 11 is 11.9. The van der Waals surface area contributed by atoms with Crippen LogP contribution in [0, 0.1) is 19.7 Å². The quantitative estimate of drug-likeness (QED) is 0.0198. The van der Waals surface area contributed by atoms with Gasteiger partial charge in [0.25, 0.3) is 26.0 Å². The highest BCUT2D eigenvalue weighted by Gasteiger charge is 2.31. The van der Waals surface area contributed by atoms with E-state index >= 15 is 0 Å². The van der Waals surface area contributed by atoms with Crippen molar-refractivity contribution in [2.24, 2.45) is 5.73 Å². The van der Waals surface area contributed by atoms with E-state index in [1.807, 2.05) is 0 Å². The maximum atomic E-state index is 14.2. The van der Waals surface area contributed by atoms with Gasteiger partial charge in [0, 0.05) is 51.0 Å². The number of carboxylic acid groups (broad SMARTS) is 1. The lowest BCUT2D eigenvalue weighted by Gasteiger charge is -2.14. The number of ether oxygens (including phenoxy) is 4. The number of esters is 1. The minimum absolute atomic E-state index is 0.0412. The standard InChI is InChI=1S/C15H14Cl2F3N3O3.C15H16F3N5O4S.C15H18N6O6S.C5H12NO4P/c1-3-26-13(24)10(17)4-8-5-12(11(18)6-9(8)16)23-15(25)22(14(19)20)7(2)21-23;1-9-19-12(22-14(20-9)27-2)21-13(24)23-28(25,26)11-6-4-3-5-10(11)7-8-15(16,17)18;1-21(2)13(22)9-6-5-7-16-12(9)28(24,25)20-15(23)19-14-17-10(26-3)8-11(18-14)27-4;1-11(9,10)3-2-4(6)5(7)8/h5-6,10,14H,3-4H2,1-2H3;3-6H,7-8H2,1-2H3,(H2,19,20,21,22,23,24);5-8H,1-4H3,(H2,17,18,19,20,23);4H,2-3,6H2,1H3,(H,7,8)(H,9,10). The Labute approximate surface area is 535 Å². The molecule has 0 spiro atoms. The molecule has 5 amide bonds. The number of nitrogens with zero attached hydrogens (tertiary/aromatic N) is 10. The van der Waals surface area contributed by atoms with Gasteiger partial charge in [-0.25, -0.2) is 46.2 Å². The molecule has 0 aliphatic heterocycles. The number of sulfonamides is 2. The number of rotatable bonds is 22. The smallest absolute Gasteiger partial charge is 0.389 e. The Morgan fingerprint density at radius 3 is 1.95 bits per heavy atom. The number of carbonyl (C=O) groups excluding carboxylic acids is 4. The van der Waals surface area contributed by atoms with Crippen molar-refractivity contribution in [3.63, 3.8) is 0 Å². The maximum Gasteiger partial charge on any atom is 0.389 e. The SMILES string of the molecule is CCOC(=O)C(Cl)Cc1cc(-n2nc(C)n(C(F)F)c2=O)c(F)cc1Cl.COc1cc(OC)nc(NC(=O)NS(=O)(=O)c2ncccc2C(=O)N(C)C)n1.COc1nc(C)nc(NC(=O)NS(=O)(=O)c2ccccc2CCC(F)(F)F)n1.CP(=O)(O)CCC(N)C(=O)O. The number of alkyl halides is 6. The van der Waals surface area contributed by atoms with Crippen molar-refractivity contribution in [1.82, 2.24) is 58.6 Å². The molecule has 4 aromatic heterocycles. The third kappa shape index (κ3) is 25.0. The zero-order valence-corrected chi connectivity index (χ0v) is 54.1. The third-order valence-corrected chi connectivity index (χ3v) is 15.6. The Bertz CT molecular complexity index is 3960. The first-order valence-corrected chi connectivity index (χ1v) is 32.0. The van der Waals surface area contributed by atoms with Crippen LogP contribution in [0.1, 0.15) is 59.4 Å². The fourth-order valence-corrected chi connectivity index (χ4v) is 10.3. The number of anilines is 2. The Kier molecular flexibility index (Phi) is 29.3. The summed E-state index contributed by atoms with van der Waals surface area (Å²) in [7, 11) is -5.09. The molecule has 0 aliphatic carbocycles. The second-order valence-electron chi connectivity index (χ2n) is 18.6. The van der Waals surface area contributed by atoms with Crippen molar-refractivity contribution in [2.45, 2.75) is 80.5 Å². The van der Waals surface area contributed by atoms with Gasteiger partial charge in [0.05, 0.1) is 44.5 Å². The first-order valence-electron chi connectivity index (χ1n) is 25.9. The molecule has 8 N–H and O–H groups in total. The second-order valence-corrected chi connectivity index (χ2v) is 25.3. The molecule has 0 saturated carbocycles. The number of nitrogens with one attached hydrogen (secondary N) is 4. The monoisotopic (exact) mass is 1420 g/mol. The molecule has 2 aromatic carbocycles. The molecule has 0 saturated heterocycles. The molecule has 43 heteroatoms. The number of aromatic nitrogens is 9. The lowest BCUT2D eigenvalue weighted by Crippen LogP contribution is -2.36. The molecule has 4 heterocycles. The predicted molar refractivity (Wildman–Crippen MR) is 318 cm³/mol. The van der Waals surface area contributed by atoms with E-state index in [-0.39, 0.29) is 98.9 Å². The second kappa shape index (κ2) is 34.7. The van der Waals surface area contributed by atoms with Crippen LogP contribution < -0.4 is 45.7 Å². The van der Waals surface area contributed by atoms with Crippen molar-refractivity contribution in [1.29, 1.82) is 0 Å². The third-order valence-electron chi connectivity index (χ3n) is 11.1. The number of pyridine rings is 1. The summed E-state index contributed by atoms with van der Waals surface area (Å²) < 4.78 is 162. The summed E-state index contributed by atoms with van der Waals surface area (Å²) in [5.74, 6) is -3.77. The van der Waals surface area contributed by atoms with Crippen molar-refractivity contribution in [2.75, 3.05) is 65.5 Å². The highest BCUT2D eigenvalue weighted by molar-refractivity contribution is 7.90. The number of carboxylic acids is 1. The minimum atomic E-state index is -4.46. The Balaban J connectivity index is 0.000000337. The van der Waals surface area contributed by atoms with Crippen molar-refractivity contribution in [3.8, 4) is 23.5 Å². The highest BCUT2D eigenvalue weighted by atomic mass is 35.5. The summed E-state index contributed by atoms with van der Waals surface area (Å²) in [6, 6.07) is 7.71. The average molecular weight is 1420 g/mol. The zero-order valence-electron chi connectivity index (χ0n) is 50.1. The lowest BCUT2D eigenvalue weighted by atomic mass is 10.1. The number of methoxy groups -OCH3 is 3. The van der Waals surface area contributed by atoms with Crippen LogP contribution >= 0.6 is 30.6 Å². The normalized spacial score (nSPS) is 12.5. The van der Waals surface area contributed by atoms with E-state index in [0.717, 1.165) is 18.2 Å². The molecule has 0 aliphatic rings. The van der Waals surface area contributed by atoms with Gasteiger partial charge in [-0.1, -0.05) is 29.8 Å². The van der Waals surface area contributed by atoms with Gasteiger partial charge >= 0.3 is 48.4 Å². The molecule has 6 rings (SSSR count). The van der Waals surface area contributed by atoms with Crippen LogP contribution in [0.5, 0.6) is 17.8 Å².